The second kappa shape index (κ2) is 3.91. The van der Waals surface area contributed by atoms with Gasteiger partial charge in [-0.1, -0.05) is 0 Å². The molecule has 0 aromatic carbocycles. The molecule has 1 saturated heterocycles. The molecule has 88 valence electrons. The quantitative estimate of drug-likeness (QED) is 0.791. The first kappa shape index (κ1) is 11.2. The van der Waals surface area contributed by atoms with Crippen molar-refractivity contribution in [2.24, 2.45) is 11.7 Å². The minimum absolute atomic E-state index is 0.00660. The zero-order valence-corrected chi connectivity index (χ0v) is 9.20. The van der Waals surface area contributed by atoms with E-state index in [0.717, 1.165) is 0 Å². The number of amides is 1. The lowest BCUT2D eigenvalue weighted by Crippen LogP contribution is -2.33. The first-order chi connectivity index (χ1) is 7.49. The van der Waals surface area contributed by atoms with Crippen LogP contribution in [0, 0.1) is 5.92 Å². The van der Waals surface area contributed by atoms with Gasteiger partial charge in [-0.05, 0) is 12.1 Å². The highest BCUT2D eigenvalue weighted by Gasteiger charge is 2.29. The van der Waals surface area contributed by atoms with Crippen molar-refractivity contribution in [1.82, 2.24) is 0 Å². The zero-order chi connectivity index (χ0) is 11.8. The molecule has 2 N–H and O–H groups in total. The molecule has 1 aromatic heterocycles. The molecule has 1 fully saturated rings. The van der Waals surface area contributed by atoms with Gasteiger partial charge in [-0.15, -0.1) is 0 Å². The molecule has 6 nitrogen and oxygen atoms in total. The van der Waals surface area contributed by atoms with Crippen molar-refractivity contribution in [3.05, 3.63) is 17.9 Å². The average molecular weight is 245 g/mol. The Morgan fingerprint density at radius 3 is 2.56 bits per heavy atom. The van der Waals surface area contributed by atoms with Gasteiger partial charge in [-0.3, -0.25) is 4.79 Å². The number of carbonyl (C=O) groups is 1. The average Bonchev–Trinajstić information content (AvgIpc) is 2.61. The topological polar surface area (TPSA) is 99.6 Å². The summed E-state index contributed by atoms with van der Waals surface area (Å²) < 4.78 is 33.3. The standard InChI is InChI=1S/C9H11NO5S/c10-9(11)7-1-2-8(15-7)16(12,13)5-6-3-14-4-6/h1-2,6H,3-5H2,(H2,10,11). The van der Waals surface area contributed by atoms with E-state index in [-0.39, 0.29) is 22.5 Å². The van der Waals surface area contributed by atoms with Gasteiger partial charge in [0.1, 0.15) is 0 Å². The summed E-state index contributed by atoms with van der Waals surface area (Å²) in [5.74, 6) is -0.956. The molecule has 2 heterocycles. The van der Waals surface area contributed by atoms with Crippen LogP contribution in [0.3, 0.4) is 0 Å². The number of sulfone groups is 1. The highest BCUT2D eigenvalue weighted by Crippen LogP contribution is 2.20. The number of primary amides is 1. The van der Waals surface area contributed by atoms with Crippen LogP contribution in [0.5, 0.6) is 0 Å². The predicted octanol–water partition coefficient (Wildman–Crippen LogP) is -0.201. The Labute approximate surface area is 92.3 Å². The molecule has 0 unspecified atom stereocenters. The van der Waals surface area contributed by atoms with E-state index in [9.17, 15) is 13.2 Å². The zero-order valence-electron chi connectivity index (χ0n) is 8.38. The fourth-order valence-corrected chi connectivity index (χ4v) is 2.86. The lowest BCUT2D eigenvalue weighted by Gasteiger charge is -2.24. The fourth-order valence-electron chi connectivity index (χ4n) is 1.39. The fraction of sp³-hybridized carbons (Fsp3) is 0.444. The third-order valence-electron chi connectivity index (χ3n) is 2.29. The minimum atomic E-state index is -3.49. The molecule has 0 saturated carbocycles. The van der Waals surface area contributed by atoms with Crippen LogP contribution in [-0.2, 0) is 14.6 Å². The van der Waals surface area contributed by atoms with E-state index in [0.29, 0.717) is 13.2 Å². The molecule has 0 spiro atoms. The van der Waals surface area contributed by atoms with Gasteiger partial charge in [0.25, 0.3) is 5.91 Å². The van der Waals surface area contributed by atoms with Crippen molar-refractivity contribution in [3.63, 3.8) is 0 Å². The maximum Gasteiger partial charge on any atom is 0.284 e. The summed E-state index contributed by atoms with van der Waals surface area (Å²) in [6, 6.07) is 2.50. The smallest absolute Gasteiger partial charge is 0.284 e. The van der Waals surface area contributed by atoms with E-state index < -0.39 is 15.7 Å². The Bertz CT molecular complexity index is 500. The summed E-state index contributed by atoms with van der Waals surface area (Å²) in [6.45, 7) is 0.894. The number of furan rings is 1. The Morgan fingerprint density at radius 2 is 2.12 bits per heavy atom. The SMILES string of the molecule is NC(=O)c1ccc(S(=O)(=O)CC2COC2)o1. The first-order valence-corrected chi connectivity index (χ1v) is 6.34. The molecule has 1 amide bonds. The van der Waals surface area contributed by atoms with E-state index in [1.165, 1.54) is 12.1 Å². The van der Waals surface area contributed by atoms with Crippen molar-refractivity contribution >= 4 is 15.7 Å². The van der Waals surface area contributed by atoms with Crippen molar-refractivity contribution in [3.8, 4) is 0 Å². The van der Waals surface area contributed by atoms with Gasteiger partial charge in [0.15, 0.2) is 5.76 Å². The van der Waals surface area contributed by atoms with Crippen LogP contribution in [0.15, 0.2) is 21.6 Å². The van der Waals surface area contributed by atoms with E-state index >= 15 is 0 Å². The highest BCUT2D eigenvalue weighted by molar-refractivity contribution is 7.91. The Balaban J connectivity index is 2.17. The van der Waals surface area contributed by atoms with Gasteiger partial charge in [0, 0.05) is 5.92 Å². The normalized spacial score (nSPS) is 17.0. The second-order valence-corrected chi connectivity index (χ2v) is 5.63. The van der Waals surface area contributed by atoms with Crippen LogP contribution in [0.4, 0.5) is 0 Å². The van der Waals surface area contributed by atoms with Gasteiger partial charge in [0.05, 0.1) is 19.0 Å². The monoisotopic (exact) mass is 245 g/mol. The molecule has 1 aliphatic heterocycles. The van der Waals surface area contributed by atoms with E-state index in [1.807, 2.05) is 0 Å². The van der Waals surface area contributed by atoms with Crippen LogP contribution in [-0.4, -0.2) is 33.3 Å². The number of hydrogen-bond acceptors (Lipinski definition) is 5. The molecule has 1 aromatic rings. The first-order valence-electron chi connectivity index (χ1n) is 4.69. The summed E-state index contributed by atoms with van der Waals surface area (Å²) in [6.07, 6.45) is 0. The largest absolute Gasteiger partial charge is 0.440 e. The predicted molar refractivity (Wildman–Crippen MR) is 53.6 cm³/mol. The van der Waals surface area contributed by atoms with Crippen LogP contribution in [0.2, 0.25) is 0 Å². The van der Waals surface area contributed by atoms with E-state index in [2.05, 4.69) is 0 Å². The van der Waals surface area contributed by atoms with Crippen molar-refractivity contribution < 1.29 is 22.4 Å². The van der Waals surface area contributed by atoms with Crippen molar-refractivity contribution in [1.29, 1.82) is 0 Å². The number of nitrogens with two attached hydrogens (primary N) is 1. The number of hydrogen-bond donors (Lipinski definition) is 1. The molecule has 16 heavy (non-hydrogen) atoms. The minimum Gasteiger partial charge on any atom is -0.440 e. The third-order valence-corrected chi connectivity index (χ3v) is 4.04. The van der Waals surface area contributed by atoms with Gasteiger partial charge < -0.3 is 14.9 Å². The van der Waals surface area contributed by atoms with Crippen LogP contribution >= 0.6 is 0 Å². The van der Waals surface area contributed by atoms with Crippen molar-refractivity contribution in [2.75, 3.05) is 19.0 Å². The summed E-state index contributed by atoms with van der Waals surface area (Å²) in [7, 11) is -3.49. The molecule has 0 bridgehead atoms. The van der Waals surface area contributed by atoms with E-state index in [4.69, 9.17) is 14.9 Å². The Hall–Kier alpha value is -1.34. The van der Waals surface area contributed by atoms with E-state index in [1.54, 1.807) is 0 Å². The molecule has 0 atom stereocenters. The van der Waals surface area contributed by atoms with Crippen LogP contribution < -0.4 is 5.73 Å². The number of carbonyl (C=O) groups excluding carboxylic acids is 1. The molecule has 0 radical (unpaired) electrons. The highest BCUT2D eigenvalue weighted by atomic mass is 32.2. The molecular weight excluding hydrogens is 234 g/mol. The van der Waals surface area contributed by atoms with Gasteiger partial charge in [0.2, 0.25) is 14.9 Å². The van der Waals surface area contributed by atoms with Gasteiger partial charge in [-0.25, -0.2) is 8.42 Å². The maximum atomic E-state index is 11.8. The molecule has 1 aliphatic rings. The summed E-state index contributed by atoms with van der Waals surface area (Å²) >= 11 is 0. The Morgan fingerprint density at radius 1 is 1.44 bits per heavy atom. The molecule has 0 aliphatic carbocycles. The maximum absolute atomic E-state index is 11.8. The Kier molecular flexibility index (Phi) is 2.73. The molecular formula is C9H11NO5S. The summed E-state index contributed by atoms with van der Waals surface area (Å²) in [5, 5.41) is -0.215. The van der Waals surface area contributed by atoms with Crippen molar-refractivity contribution in [2.45, 2.75) is 5.09 Å². The summed E-state index contributed by atoms with van der Waals surface area (Å²) in [5.41, 5.74) is 4.96. The summed E-state index contributed by atoms with van der Waals surface area (Å²) in [4.78, 5) is 10.7. The van der Waals surface area contributed by atoms with Gasteiger partial charge in [-0.2, -0.15) is 0 Å². The lowest BCUT2D eigenvalue weighted by molar-refractivity contribution is -0.0205. The number of rotatable bonds is 4. The van der Waals surface area contributed by atoms with Gasteiger partial charge >= 0.3 is 0 Å². The van der Waals surface area contributed by atoms with Crippen LogP contribution in [0.1, 0.15) is 10.6 Å². The van der Waals surface area contributed by atoms with Crippen LogP contribution in [0.25, 0.3) is 0 Å². The number of ether oxygens (including phenoxy) is 1. The lowest BCUT2D eigenvalue weighted by atomic mass is 10.1. The third kappa shape index (κ3) is 2.10. The second-order valence-electron chi connectivity index (χ2n) is 3.67. The molecule has 7 heteroatoms. The molecule has 2 rings (SSSR count).